The Kier molecular flexibility index (Phi) is 6.93. The smallest absolute Gasteiger partial charge is 0.404 e. The molecular weight excluding hydrogens is 360 g/mol. The molecule has 1 aromatic rings. The van der Waals surface area contributed by atoms with E-state index in [1.165, 1.54) is 6.07 Å². The molecule has 28 heavy (non-hydrogen) atoms. The van der Waals surface area contributed by atoms with Crippen molar-refractivity contribution in [1.29, 1.82) is 0 Å². The molecule has 0 bridgehead atoms. The van der Waals surface area contributed by atoms with Crippen LogP contribution in [-0.2, 0) is 0 Å². The summed E-state index contributed by atoms with van der Waals surface area (Å²) in [4.78, 5) is 39.0. The number of H-pyrrole nitrogens is 1. The second-order valence-electron chi connectivity index (χ2n) is 8.23. The first kappa shape index (κ1) is 20.6. The molecule has 0 spiro atoms. The van der Waals surface area contributed by atoms with Crippen LogP contribution in [0.25, 0.3) is 0 Å². The lowest BCUT2D eigenvalue weighted by Crippen LogP contribution is -2.45. The quantitative estimate of drug-likeness (QED) is 0.688. The summed E-state index contributed by atoms with van der Waals surface area (Å²) in [6.07, 6.45) is 8.70. The first-order valence-corrected chi connectivity index (χ1v) is 10.5. The number of carbonyl (C=O) groups is 1. The summed E-state index contributed by atoms with van der Waals surface area (Å²) in [5.41, 5.74) is -0.653. The number of hydrogen-bond donors (Lipinski definition) is 3. The summed E-state index contributed by atoms with van der Waals surface area (Å²) in [6.45, 7) is 4.29. The van der Waals surface area contributed by atoms with E-state index in [0.717, 1.165) is 64.5 Å². The number of rotatable bonds is 6. The van der Waals surface area contributed by atoms with Crippen molar-refractivity contribution < 1.29 is 9.90 Å². The van der Waals surface area contributed by atoms with Crippen molar-refractivity contribution in [3.8, 4) is 0 Å². The third kappa shape index (κ3) is 5.25. The van der Waals surface area contributed by atoms with E-state index < -0.39 is 6.09 Å². The van der Waals surface area contributed by atoms with E-state index in [0.29, 0.717) is 12.0 Å². The lowest BCUT2D eigenvalue weighted by molar-refractivity contribution is 0.110. The van der Waals surface area contributed by atoms with Gasteiger partial charge in [-0.15, -0.1) is 0 Å². The van der Waals surface area contributed by atoms with E-state index in [1.54, 1.807) is 10.8 Å². The molecular formula is C20H32N4O4. The van der Waals surface area contributed by atoms with Gasteiger partial charge in [0, 0.05) is 36.9 Å². The number of aromatic nitrogens is 2. The van der Waals surface area contributed by atoms with Gasteiger partial charge in [0.15, 0.2) is 0 Å². The molecule has 8 nitrogen and oxygen atoms in total. The second-order valence-corrected chi connectivity index (χ2v) is 8.23. The Hall–Kier alpha value is -2.09. The molecule has 0 radical (unpaired) electrons. The van der Waals surface area contributed by atoms with Crippen LogP contribution in [0.15, 0.2) is 21.9 Å². The normalized spacial score (nSPS) is 28.2. The highest BCUT2D eigenvalue weighted by Crippen LogP contribution is 2.33. The summed E-state index contributed by atoms with van der Waals surface area (Å²) >= 11 is 0. The van der Waals surface area contributed by atoms with Gasteiger partial charge in [0.1, 0.15) is 0 Å². The van der Waals surface area contributed by atoms with Crippen LogP contribution in [0.1, 0.15) is 64.3 Å². The van der Waals surface area contributed by atoms with Crippen molar-refractivity contribution in [2.75, 3.05) is 13.1 Å². The third-order valence-corrected chi connectivity index (χ3v) is 6.50. The van der Waals surface area contributed by atoms with Crippen molar-refractivity contribution in [2.45, 2.75) is 76.4 Å². The lowest BCUT2D eigenvalue weighted by atomic mass is 9.84. The Morgan fingerprint density at radius 3 is 2.43 bits per heavy atom. The maximum atomic E-state index is 12.0. The fourth-order valence-corrected chi connectivity index (χ4v) is 4.95. The van der Waals surface area contributed by atoms with Crippen LogP contribution in [0.2, 0.25) is 0 Å². The van der Waals surface area contributed by atoms with Crippen LogP contribution in [0, 0.1) is 5.92 Å². The average molecular weight is 393 g/mol. The Morgan fingerprint density at radius 2 is 1.86 bits per heavy atom. The van der Waals surface area contributed by atoms with E-state index >= 15 is 0 Å². The zero-order valence-corrected chi connectivity index (χ0v) is 16.6. The maximum Gasteiger partial charge on any atom is 0.404 e. The minimum Gasteiger partial charge on any atom is -0.465 e. The van der Waals surface area contributed by atoms with Gasteiger partial charge in [0.2, 0.25) is 0 Å². The van der Waals surface area contributed by atoms with Crippen molar-refractivity contribution >= 4 is 6.09 Å². The summed E-state index contributed by atoms with van der Waals surface area (Å²) in [5, 5.41) is 11.5. The first-order chi connectivity index (χ1) is 13.5. The molecule has 0 aromatic carbocycles. The highest BCUT2D eigenvalue weighted by atomic mass is 16.4. The van der Waals surface area contributed by atoms with E-state index in [1.807, 2.05) is 0 Å². The van der Waals surface area contributed by atoms with Crippen LogP contribution < -0.4 is 16.6 Å². The molecule has 3 rings (SSSR count). The van der Waals surface area contributed by atoms with Crippen LogP contribution >= 0.6 is 0 Å². The lowest BCUT2D eigenvalue weighted by Gasteiger charge is -2.39. The van der Waals surface area contributed by atoms with E-state index in [4.69, 9.17) is 5.11 Å². The van der Waals surface area contributed by atoms with Crippen LogP contribution in [-0.4, -0.2) is 50.8 Å². The summed E-state index contributed by atoms with van der Waals surface area (Å²) in [7, 11) is 0. The molecule has 0 aliphatic heterocycles. The second kappa shape index (κ2) is 9.41. The number of nitrogens with zero attached hydrogens (tertiary/aromatic N) is 2. The third-order valence-electron chi connectivity index (χ3n) is 6.50. The zero-order chi connectivity index (χ0) is 20.1. The van der Waals surface area contributed by atoms with Crippen molar-refractivity contribution in [3.63, 3.8) is 0 Å². The predicted molar refractivity (Wildman–Crippen MR) is 107 cm³/mol. The van der Waals surface area contributed by atoms with E-state index in [-0.39, 0.29) is 23.3 Å². The van der Waals surface area contributed by atoms with Gasteiger partial charge in [-0.05, 0) is 63.8 Å². The topological polar surface area (TPSA) is 107 Å². The minimum absolute atomic E-state index is 0.0959. The number of hydrogen-bond acceptors (Lipinski definition) is 4. The molecule has 8 heteroatoms. The minimum atomic E-state index is -0.922. The van der Waals surface area contributed by atoms with Gasteiger partial charge in [-0.1, -0.05) is 6.92 Å². The summed E-state index contributed by atoms with van der Waals surface area (Å²) < 4.78 is 1.67. The fraction of sp³-hybridized carbons (Fsp3) is 0.750. The van der Waals surface area contributed by atoms with Crippen molar-refractivity contribution in [1.82, 2.24) is 19.8 Å². The van der Waals surface area contributed by atoms with Gasteiger partial charge in [0.05, 0.1) is 0 Å². The van der Waals surface area contributed by atoms with Crippen molar-refractivity contribution in [2.24, 2.45) is 5.92 Å². The van der Waals surface area contributed by atoms with Crippen LogP contribution in [0.5, 0.6) is 0 Å². The molecule has 0 atom stereocenters. The van der Waals surface area contributed by atoms with Gasteiger partial charge in [-0.3, -0.25) is 14.3 Å². The standard InChI is InChI=1S/C20H32N4O4/c1-2-23(16-9-5-15(6-10-16)21-20(27)28)13-14-3-7-17(8-4-14)24-12-11-18(25)22-19(24)26/h11-12,14-17,21H,2-10,13H2,1H3,(H,27,28)(H,22,25,26)/t14-,15-,16-,17-. The van der Waals surface area contributed by atoms with E-state index in [9.17, 15) is 14.4 Å². The molecule has 1 heterocycles. The van der Waals surface area contributed by atoms with Gasteiger partial charge < -0.3 is 15.3 Å². The molecule has 1 aromatic heterocycles. The molecule has 3 N–H and O–H groups in total. The molecule has 2 fully saturated rings. The molecule has 2 saturated carbocycles. The van der Waals surface area contributed by atoms with Crippen molar-refractivity contribution in [3.05, 3.63) is 33.1 Å². The number of carboxylic acid groups (broad SMARTS) is 1. The number of nitrogens with one attached hydrogen (secondary N) is 2. The highest BCUT2D eigenvalue weighted by Gasteiger charge is 2.29. The van der Waals surface area contributed by atoms with Gasteiger partial charge in [0.25, 0.3) is 5.56 Å². The van der Waals surface area contributed by atoms with Gasteiger partial charge in [-0.25, -0.2) is 9.59 Å². The Balaban J connectivity index is 1.48. The molecule has 2 aliphatic carbocycles. The van der Waals surface area contributed by atoms with Crippen LogP contribution in [0.4, 0.5) is 4.79 Å². The molecule has 156 valence electrons. The molecule has 2 aliphatic rings. The Labute approximate surface area is 164 Å². The number of amides is 1. The predicted octanol–water partition coefficient (Wildman–Crippen LogP) is 2.17. The van der Waals surface area contributed by atoms with E-state index in [2.05, 4.69) is 22.1 Å². The largest absolute Gasteiger partial charge is 0.465 e. The Bertz CT molecular complexity index is 758. The van der Waals surface area contributed by atoms with Crippen LogP contribution in [0.3, 0.4) is 0 Å². The monoisotopic (exact) mass is 392 g/mol. The van der Waals surface area contributed by atoms with Gasteiger partial charge >= 0.3 is 11.8 Å². The fourth-order valence-electron chi connectivity index (χ4n) is 4.95. The Morgan fingerprint density at radius 1 is 1.18 bits per heavy atom. The zero-order valence-electron chi connectivity index (χ0n) is 16.6. The first-order valence-electron chi connectivity index (χ1n) is 10.5. The molecule has 1 amide bonds. The molecule has 0 saturated heterocycles. The number of aromatic amines is 1. The summed E-state index contributed by atoms with van der Waals surface area (Å²) in [5.74, 6) is 0.629. The molecule has 0 unspecified atom stereocenters. The highest BCUT2D eigenvalue weighted by molar-refractivity contribution is 5.64. The SMILES string of the molecule is CCN(C[C@H]1CC[C@H](n2ccc(=O)[nH]c2=O)CC1)[C@H]1CC[C@H](NC(=O)O)CC1. The maximum absolute atomic E-state index is 12.0. The average Bonchev–Trinajstić information content (AvgIpc) is 2.67. The van der Waals surface area contributed by atoms with Gasteiger partial charge in [-0.2, -0.15) is 0 Å². The summed E-state index contributed by atoms with van der Waals surface area (Å²) in [6, 6.07) is 2.23.